The number of likely N-dealkylation sites (tertiary alicyclic amines) is 1. The lowest BCUT2D eigenvalue weighted by molar-refractivity contribution is 0.0131. The van der Waals surface area contributed by atoms with Gasteiger partial charge in [-0.15, -0.1) is 4.36 Å². The molecule has 264 valence electrons. The van der Waals surface area contributed by atoms with Crippen molar-refractivity contribution in [3.63, 3.8) is 0 Å². The van der Waals surface area contributed by atoms with Crippen molar-refractivity contribution in [2.45, 2.75) is 63.0 Å². The SMILES string of the molecule is CNC1CN(C(=O)N[S@@]2(=O)=NC(=O)c3ccc4c(c3)N(C[C@@H]3CC[C@H]3[C@@H](OC)/C=C/C[C@H](C)C2)C[C@@]2(CCCc3cc(Cl)ccc32)CO4)C1. The first-order valence-electron chi connectivity index (χ1n) is 17.6. The molecule has 12 heteroatoms. The maximum atomic E-state index is 14.4. The van der Waals surface area contributed by atoms with E-state index in [0.29, 0.717) is 49.3 Å². The maximum Gasteiger partial charge on any atom is 0.329 e. The van der Waals surface area contributed by atoms with Crippen molar-refractivity contribution >= 4 is 39.1 Å². The molecule has 2 fully saturated rings. The van der Waals surface area contributed by atoms with E-state index in [9.17, 15) is 13.8 Å². The Morgan fingerprint density at radius 2 is 2.00 bits per heavy atom. The van der Waals surface area contributed by atoms with Gasteiger partial charge in [-0.1, -0.05) is 36.7 Å². The second-order valence-corrected chi connectivity index (χ2v) is 17.2. The molecule has 1 saturated heterocycles. The van der Waals surface area contributed by atoms with Crippen LogP contribution in [0.25, 0.3) is 0 Å². The fourth-order valence-corrected chi connectivity index (χ4v) is 10.5. The quantitative estimate of drug-likeness (QED) is 0.400. The largest absolute Gasteiger partial charge is 0.490 e. The number of nitrogens with zero attached hydrogens (tertiary/aromatic N) is 3. The second kappa shape index (κ2) is 13.9. The molecule has 2 aliphatic carbocycles. The first-order chi connectivity index (χ1) is 23.6. The molecular formula is C37H48ClN5O5S. The van der Waals surface area contributed by atoms with Gasteiger partial charge in [0.2, 0.25) is 0 Å². The molecule has 5 aliphatic rings. The minimum atomic E-state index is -3.44. The summed E-state index contributed by atoms with van der Waals surface area (Å²) in [6.07, 6.45) is 10.00. The summed E-state index contributed by atoms with van der Waals surface area (Å²) in [5.74, 6) is 0.801. The Labute approximate surface area is 295 Å². The van der Waals surface area contributed by atoms with Gasteiger partial charge in [0.05, 0.1) is 24.2 Å². The van der Waals surface area contributed by atoms with E-state index in [1.54, 1.807) is 18.1 Å². The topological polar surface area (TPSA) is 113 Å². The summed E-state index contributed by atoms with van der Waals surface area (Å²) in [5, 5.41) is 3.89. The minimum Gasteiger partial charge on any atom is -0.490 e. The number of carbonyl (C=O) groups excluding carboxylic acids is 2. The molecule has 6 atom stereocenters. The van der Waals surface area contributed by atoms with Crippen LogP contribution in [-0.4, -0.2) is 85.9 Å². The summed E-state index contributed by atoms with van der Waals surface area (Å²) in [7, 11) is 0.175. The summed E-state index contributed by atoms with van der Waals surface area (Å²) >= 11 is 6.45. The normalized spacial score (nSPS) is 32.4. The summed E-state index contributed by atoms with van der Waals surface area (Å²) in [6, 6.07) is 11.4. The Bertz CT molecular complexity index is 1750. The molecule has 49 heavy (non-hydrogen) atoms. The fraction of sp³-hybridized carbons (Fsp3) is 0.568. The van der Waals surface area contributed by atoms with Crippen LogP contribution in [-0.2, 0) is 26.5 Å². The lowest BCUT2D eigenvalue weighted by Gasteiger charge is -2.46. The molecule has 0 radical (unpaired) electrons. The first-order valence-corrected chi connectivity index (χ1v) is 19.7. The molecular weight excluding hydrogens is 662 g/mol. The molecule has 0 unspecified atom stereocenters. The van der Waals surface area contributed by atoms with E-state index in [2.05, 4.69) is 43.6 Å². The molecule has 3 heterocycles. The third-order valence-corrected chi connectivity index (χ3v) is 13.5. The van der Waals surface area contributed by atoms with E-state index in [1.165, 1.54) is 11.1 Å². The number of ether oxygens (including phenoxy) is 2. The number of methoxy groups -OCH3 is 1. The van der Waals surface area contributed by atoms with Gasteiger partial charge in [0.1, 0.15) is 15.7 Å². The highest BCUT2D eigenvalue weighted by atomic mass is 35.5. The molecule has 3 amide bonds. The number of anilines is 1. The van der Waals surface area contributed by atoms with Gasteiger partial charge in [0, 0.05) is 55.3 Å². The van der Waals surface area contributed by atoms with Crippen LogP contribution in [0.1, 0.15) is 60.5 Å². The number of nitrogens with one attached hydrogen (secondary N) is 2. The highest BCUT2D eigenvalue weighted by Crippen LogP contribution is 2.47. The Hall–Kier alpha value is -3.12. The molecule has 3 aliphatic heterocycles. The number of aryl methyl sites for hydroxylation is 1. The predicted molar refractivity (Wildman–Crippen MR) is 193 cm³/mol. The van der Waals surface area contributed by atoms with Gasteiger partial charge in [-0.05, 0) is 105 Å². The van der Waals surface area contributed by atoms with Gasteiger partial charge in [-0.25, -0.2) is 9.00 Å². The Balaban J connectivity index is 1.28. The first kappa shape index (κ1) is 34.3. The number of hydrogen-bond acceptors (Lipinski definition) is 7. The summed E-state index contributed by atoms with van der Waals surface area (Å²) < 4.78 is 34.1. The third kappa shape index (κ3) is 6.96. The van der Waals surface area contributed by atoms with Crippen molar-refractivity contribution in [1.29, 1.82) is 0 Å². The average molecular weight is 710 g/mol. The van der Waals surface area contributed by atoms with Crippen LogP contribution in [0.2, 0.25) is 5.02 Å². The Morgan fingerprint density at radius 3 is 2.76 bits per heavy atom. The highest BCUT2D eigenvalue weighted by Gasteiger charge is 2.44. The van der Waals surface area contributed by atoms with E-state index in [1.807, 2.05) is 32.2 Å². The van der Waals surface area contributed by atoms with Crippen LogP contribution in [0.4, 0.5) is 10.5 Å². The molecule has 2 bridgehead atoms. The molecule has 10 nitrogen and oxygen atoms in total. The Kier molecular flexibility index (Phi) is 9.73. The smallest absolute Gasteiger partial charge is 0.329 e. The van der Waals surface area contributed by atoms with Crippen molar-refractivity contribution in [3.05, 3.63) is 70.3 Å². The van der Waals surface area contributed by atoms with Crippen LogP contribution in [0, 0.1) is 17.8 Å². The van der Waals surface area contributed by atoms with Gasteiger partial charge in [-0.2, -0.15) is 0 Å². The lowest BCUT2D eigenvalue weighted by atomic mass is 9.68. The van der Waals surface area contributed by atoms with Crippen molar-refractivity contribution in [3.8, 4) is 5.75 Å². The van der Waals surface area contributed by atoms with E-state index in [4.69, 9.17) is 21.1 Å². The summed E-state index contributed by atoms with van der Waals surface area (Å²) in [6.45, 7) is 5.02. The Morgan fingerprint density at radius 1 is 1.16 bits per heavy atom. The fourth-order valence-electron chi connectivity index (χ4n) is 8.40. The van der Waals surface area contributed by atoms with Crippen LogP contribution in [0.3, 0.4) is 0 Å². The van der Waals surface area contributed by atoms with Gasteiger partial charge < -0.3 is 24.6 Å². The van der Waals surface area contributed by atoms with E-state index in [-0.39, 0.29) is 29.2 Å². The zero-order chi connectivity index (χ0) is 34.3. The number of allylic oxidation sites excluding steroid dienone is 1. The van der Waals surface area contributed by atoms with E-state index < -0.39 is 21.9 Å². The van der Waals surface area contributed by atoms with Crippen LogP contribution in [0.15, 0.2) is 52.9 Å². The average Bonchev–Trinajstić information content (AvgIpc) is 3.18. The van der Waals surface area contributed by atoms with Crippen LogP contribution < -0.4 is 19.7 Å². The summed E-state index contributed by atoms with van der Waals surface area (Å²) in [4.78, 5) is 31.1. The van der Waals surface area contributed by atoms with Crippen molar-refractivity contribution < 1.29 is 23.3 Å². The van der Waals surface area contributed by atoms with Gasteiger partial charge >= 0.3 is 6.03 Å². The van der Waals surface area contributed by atoms with Gasteiger partial charge in [-0.3, -0.25) is 9.52 Å². The molecule has 7 rings (SSSR count). The van der Waals surface area contributed by atoms with Crippen molar-refractivity contribution in [2.24, 2.45) is 22.1 Å². The number of amides is 3. The number of urea groups is 1. The molecule has 2 aromatic rings. The number of fused-ring (bicyclic) bond motifs is 4. The number of hydrogen-bond donors (Lipinski definition) is 2. The third-order valence-electron chi connectivity index (χ3n) is 11.3. The maximum absolute atomic E-state index is 14.4. The zero-order valence-corrected chi connectivity index (χ0v) is 30.2. The van der Waals surface area contributed by atoms with E-state index >= 15 is 0 Å². The highest BCUT2D eigenvalue weighted by molar-refractivity contribution is 7.92. The summed E-state index contributed by atoms with van der Waals surface area (Å²) in [5.41, 5.74) is 3.47. The second-order valence-electron chi connectivity index (χ2n) is 14.8. The molecule has 2 N–H and O–H groups in total. The van der Waals surface area contributed by atoms with Crippen molar-refractivity contribution in [1.82, 2.24) is 14.9 Å². The van der Waals surface area contributed by atoms with Crippen LogP contribution >= 0.6 is 11.6 Å². The number of benzene rings is 2. The monoisotopic (exact) mass is 709 g/mol. The lowest BCUT2D eigenvalue weighted by Crippen LogP contribution is -2.61. The number of likely N-dealkylation sites (N-methyl/N-ethyl adjacent to an activating group) is 1. The minimum absolute atomic E-state index is 0.0405. The molecule has 1 saturated carbocycles. The van der Waals surface area contributed by atoms with Crippen molar-refractivity contribution in [2.75, 3.05) is 57.6 Å². The van der Waals surface area contributed by atoms with Gasteiger partial charge in [0.25, 0.3) is 5.91 Å². The number of carbonyl (C=O) groups is 2. The molecule has 1 spiro atoms. The van der Waals surface area contributed by atoms with Gasteiger partial charge in [0.15, 0.2) is 0 Å². The van der Waals surface area contributed by atoms with Crippen LogP contribution in [0.5, 0.6) is 5.75 Å². The number of rotatable bonds is 3. The number of halogens is 1. The predicted octanol–water partition coefficient (Wildman–Crippen LogP) is 5.59. The zero-order valence-electron chi connectivity index (χ0n) is 28.7. The molecule has 0 aromatic heterocycles. The van der Waals surface area contributed by atoms with E-state index in [0.717, 1.165) is 55.9 Å². The standard InChI is InChI=1S/C37H48ClN5O5S/c1-24-6-4-8-33(47-3)30-12-9-27(30)18-43-22-37(15-5-7-25-16-28(38)11-13-31(25)37)23-48-34-14-10-26(17-32(34)43)35(44)40-49(46,21-24)41-36(45)42-19-29(20-42)39-2/h4,8,10-11,13-14,16-17,24,27,29-30,33,39H,5-7,9,12,15,18-23H2,1-3H3,(H,40,41,44,45,46)/b8-4+/t24-,27-,30+,33-,37-,49-/m0/s1. The molecule has 2 aromatic carbocycles.